The first-order valence-corrected chi connectivity index (χ1v) is 15.7. The van der Waals surface area contributed by atoms with Gasteiger partial charge in [0.05, 0.1) is 11.6 Å². The summed E-state index contributed by atoms with van der Waals surface area (Å²) in [6.45, 7) is 1.94. The van der Waals surface area contributed by atoms with Crippen molar-refractivity contribution >= 4 is 28.4 Å². The molecule has 6 aromatic rings. The molecule has 0 radical (unpaired) electrons. The largest absolute Gasteiger partial charge is 0.333 e. The van der Waals surface area contributed by atoms with Crippen molar-refractivity contribution in [2.45, 2.75) is 31.7 Å². The summed E-state index contributed by atoms with van der Waals surface area (Å²) in [4.78, 5) is 16.8. The van der Waals surface area contributed by atoms with Crippen molar-refractivity contribution in [2.75, 3.05) is 4.90 Å². The zero-order valence-electron chi connectivity index (χ0n) is 25.0. The van der Waals surface area contributed by atoms with Gasteiger partial charge in [-0.15, -0.1) is 0 Å². The predicted molar refractivity (Wildman–Crippen MR) is 183 cm³/mol. The quantitative estimate of drug-likeness (QED) is 0.208. The van der Waals surface area contributed by atoms with Gasteiger partial charge >= 0.3 is 0 Å². The highest BCUT2D eigenvalue weighted by Gasteiger charge is 2.36. The number of rotatable bonds is 4. The van der Waals surface area contributed by atoms with E-state index in [4.69, 9.17) is 15.0 Å². The number of hydrogen-bond donors (Lipinski definition) is 0. The zero-order valence-corrected chi connectivity index (χ0v) is 25.0. The Bertz CT molecular complexity index is 2180. The molecule has 2 atom stereocenters. The second-order valence-electron chi connectivity index (χ2n) is 12.0. The summed E-state index contributed by atoms with van der Waals surface area (Å²) in [6, 6.07) is 34.9. The third-order valence-corrected chi connectivity index (χ3v) is 9.35. The van der Waals surface area contributed by atoms with E-state index in [1.807, 2.05) is 6.92 Å². The van der Waals surface area contributed by atoms with Crippen molar-refractivity contribution in [1.82, 2.24) is 19.5 Å². The molecular weight excluding hydrogens is 550 g/mol. The van der Waals surface area contributed by atoms with Crippen LogP contribution >= 0.6 is 0 Å². The fourth-order valence-electron chi connectivity index (χ4n) is 7.33. The molecule has 4 aromatic carbocycles. The number of anilines is 2. The molecule has 1 aliphatic heterocycles. The Morgan fingerprint density at radius 3 is 2.18 bits per heavy atom. The van der Waals surface area contributed by atoms with Crippen LogP contribution in [0.25, 0.3) is 45.4 Å². The van der Waals surface area contributed by atoms with Gasteiger partial charge in [-0.05, 0) is 97.6 Å². The van der Waals surface area contributed by atoms with Gasteiger partial charge in [0.25, 0.3) is 0 Å². The van der Waals surface area contributed by atoms with E-state index in [1.54, 1.807) is 0 Å². The van der Waals surface area contributed by atoms with Gasteiger partial charge in [0.1, 0.15) is 5.82 Å². The average Bonchev–Trinajstić information content (AvgIpc) is 3.61. The number of aryl methyl sites for hydroxylation is 2. The second kappa shape index (κ2) is 10.3. The van der Waals surface area contributed by atoms with Gasteiger partial charge in [-0.1, -0.05) is 66.8 Å². The smallest absolute Gasteiger partial charge is 0.163 e. The number of aromatic nitrogens is 4. The number of benzene rings is 4. The van der Waals surface area contributed by atoms with E-state index >= 15 is 0 Å². The Morgan fingerprint density at radius 2 is 1.38 bits per heavy atom. The summed E-state index contributed by atoms with van der Waals surface area (Å²) in [5.74, 6) is 2.44. The highest BCUT2D eigenvalue weighted by atomic mass is 15.2. The molecule has 45 heavy (non-hydrogen) atoms. The van der Waals surface area contributed by atoms with Gasteiger partial charge in [0.15, 0.2) is 11.6 Å². The average molecular weight is 582 g/mol. The molecule has 9 rings (SSSR count). The molecule has 2 aliphatic carbocycles. The summed E-state index contributed by atoms with van der Waals surface area (Å²) in [7, 11) is 0. The number of hydrogen-bond acceptors (Lipinski definition) is 4. The maximum atomic E-state index is 4.94. The Labute approximate surface area is 262 Å². The Hall–Kier alpha value is -5.55. The molecule has 5 heteroatoms. The molecule has 0 saturated heterocycles. The number of allylic oxidation sites excluding steroid dienone is 3. The molecule has 2 unspecified atom stereocenters. The fourth-order valence-corrected chi connectivity index (χ4v) is 7.33. The van der Waals surface area contributed by atoms with E-state index in [-0.39, 0.29) is 6.04 Å². The molecule has 0 bridgehead atoms. The van der Waals surface area contributed by atoms with Gasteiger partial charge in [-0.3, -0.25) is 0 Å². The van der Waals surface area contributed by atoms with E-state index in [0.29, 0.717) is 23.4 Å². The van der Waals surface area contributed by atoms with Crippen LogP contribution in [0.5, 0.6) is 0 Å². The van der Waals surface area contributed by atoms with Crippen LogP contribution in [0.3, 0.4) is 0 Å². The standard InChI is InChI=1S/C40H31N5/c1-26-41-39(27-18-22-29(23-19-27)44-35-14-6-2-10-31(35)32-11-3-7-15-36(32)44)43-40(42-26)28-20-24-30(25-21-28)45-37-16-8-4-12-33(37)34-13-5-9-17-38(34)45/h2-4,6-12,14-25,31,35H,5,13H2,1H3. The first-order valence-electron chi connectivity index (χ1n) is 15.7. The summed E-state index contributed by atoms with van der Waals surface area (Å²) in [5, 5.41) is 1.34. The van der Waals surface area contributed by atoms with Crippen LogP contribution in [0.2, 0.25) is 0 Å². The lowest BCUT2D eigenvalue weighted by atomic mass is 9.91. The van der Waals surface area contributed by atoms with Crippen LogP contribution in [-0.2, 0) is 6.42 Å². The lowest BCUT2D eigenvalue weighted by molar-refractivity contribution is 0.745. The van der Waals surface area contributed by atoms with Crippen LogP contribution in [0.15, 0.2) is 127 Å². The van der Waals surface area contributed by atoms with Crippen LogP contribution in [-0.4, -0.2) is 25.6 Å². The van der Waals surface area contributed by atoms with Crippen molar-refractivity contribution in [3.05, 3.63) is 150 Å². The molecule has 5 nitrogen and oxygen atoms in total. The Kier molecular flexibility index (Phi) is 5.91. The lowest BCUT2D eigenvalue weighted by Crippen LogP contribution is -2.28. The molecule has 216 valence electrons. The van der Waals surface area contributed by atoms with Crippen LogP contribution in [0.4, 0.5) is 11.4 Å². The summed E-state index contributed by atoms with van der Waals surface area (Å²) in [6.07, 6.45) is 15.6. The summed E-state index contributed by atoms with van der Waals surface area (Å²) in [5.41, 5.74) is 10.8. The maximum Gasteiger partial charge on any atom is 0.163 e. The predicted octanol–water partition coefficient (Wildman–Crippen LogP) is 9.15. The molecule has 2 aromatic heterocycles. The second-order valence-corrected chi connectivity index (χ2v) is 12.0. The molecule has 3 heterocycles. The monoisotopic (exact) mass is 581 g/mol. The van der Waals surface area contributed by atoms with Gasteiger partial charge in [0.2, 0.25) is 0 Å². The Morgan fingerprint density at radius 1 is 0.689 bits per heavy atom. The minimum atomic E-state index is 0.276. The highest BCUT2D eigenvalue weighted by Crippen LogP contribution is 2.47. The minimum absolute atomic E-state index is 0.276. The van der Waals surface area contributed by atoms with Crippen LogP contribution in [0.1, 0.15) is 35.0 Å². The maximum absolute atomic E-state index is 4.94. The van der Waals surface area contributed by atoms with Crippen LogP contribution in [0, 0.1) is 6.92 Å². The van der Waals surface area contributed by atoms with Crippen molar-refractivity contribution in [2.24, 2.45) is 0 Å². The molecule has 0 spiro atoms. The van der Waals surface area contributed by atoms with Crippen molar-refractivity contribution < 1.29 is 0 Å². The van der Waals surface area contributed by atoms with Gasteiger partial charge in [0, 0.05) is 45.2 Å². The molecule has 0 fully saturated rings. The summed E-state index contributed by atoms with van der Waals surface area (Å²) >= 11 is 0. The number of para-hydroxylation sites is 2. The van der Waals surface area contributed by atoms with E-state index in [9.17, 15) is 0 Å². The van der Waals surface area contributed by atoms with E-state index in [1.165, 1.54) is 33.4 Å². The minimum Gasteiger partial charge on any atom is -0.333 e. The van der Waals surface area contributed by atoms with Crippen molar-refractivity contribution in [3.63, 3.8) is 0 Å². The number of fused-ring (bicyclic) bond motifs is 6. The highest BCUT2D eigenvalue weighted by molar-refractivity contribution is 5.90. The normalized spacial score (nSPS) is 17.8. The van der Waals surface area contributed by atoms with Crippen molar-refractivity contribution in [1.29, 1.82) is 0 Å². The third-order valence-electron chi connectivity index (χ3n) is 9.35. The van der Waals surface area contributed by atoms with Gasteiger partial charge < -0.3 is 9.47 Å². The third kappa shape index (κ3) is 4.19. The lowest BCUT2D eigenvalue weighted by Gasteiger charge is -2.28. The molecule has 0 amide bonds. The van der Waals surface area contributed by atoms with E-state index in [2.05, 4.69) is 143 Å². The summed E-state index contributed by atoms with van der Waals surface area (Å²) < 4.78 is 2.37. The fraction of sp³-hybridized carbons (Fsp3) is 0.125. The van der Waals surface area contributed by atoms with Crippen molar-refractivity contribution in [3.8, 4) is 28.5 Å². The van der Waals surface area contributed by atoms with Gasteiger partial charge in [-0.25, -0.2) is 15.0 Å². The van der Waals surface area contributed by atoms with Gasteiger partial charge in [-0.2, -0.15) is 0 Å². The molecule has 0 N–H and O–H groups in total. The molecule has 0 saturated carbocycles. The molecular formula is C40H31N5. The molecule has 3 aliphatic rings. The van der Waals surface area contributed by atoms with E-state index < -0.39 is 0 Å². The zero-order chi connectivity index (χ0) is 29.9. The first kappa shape index (κ1) is 25.9. The Balaban J connectivity index is 1.04. The first-order chi connectivity index (χ1) is 22.2. The number of nitrogens with zero attached hydrogens (tertiary/aromatic N) is 5. The SMILES string of the molecule is Cc1nc(-c2ccc(N3c4ccccc4C4C=CC=CC43)cc2)nc(-c2ccc(-n3c4c(c5ccccc53)CCC=C4)cc2)n1. The van der Waals surface area contributed by atoms with Crippen LogP contribution < -0.4 is 4.90 Å². The topological polar surface area (TPSA) is 46.8 Å². The van der Waals surface area contributed by atoms with E-state index in [0.717, 1.165) is 35.3 Å².